The van der Waals surface area contributed by atoms with Gasteiger partial charge in [0.2, 0.25) is 0 Å². The molecular weight excluding hydrogens is 136 g/mol. The van der Waals surface area contributed by atoms with E-state index in [4.69, 9.17) is 9.47 Å². The lowest BCUT2D eigenvalue weighted by molar-refractivity contribution is -0.0841. The molecule has 0 atom stereocenters. The van der Waals surface area contributed by atoms with Crippen molar-refractivity contribution >= 4 is 11.8 Å². The second-order valence-corrected chi connectivity index (χ2v) is 2.40. The minimum atomic E-state index is -0.104. The van der Waals surface area contributed by atoms with E-state index in [0.29, 0.717) is 0 Å². The van der Waals surface area contributed by atoms with Gasteiger partial charge in [0.05, 0.1) is 0 Å². The molecule has 0 spiro atoms. The summed E-state index contributed by atoms with van der Waals surface area (Å²) in [4.78, 5) is 0. The van der Waals surface area contributed by atoms with Crippen molar-refractivity contribution in [1.82, 2.24) is 0 Å². The molecule has 0 aromatic carbocycles. The zero-order valence-electron chi connectivity index (χ0n) is 5.79. The van der Waals surface area contributed by atoms with Gasteiger partial charge in [-0.15, -0.1) is 11.8 Å². The van der Waals surface area contributed by atoms with Crippen molar-refractivity contribution in [2.45, 2.75) is 6.29 Å². The lowest BCUT2D eigenvalue weighted by atomic mass is 10.7. The highest BCUT2D eigenvalue weighted by Crippen LogP contribution is 2.05. The molecule has 54 valence electrons. The molecule has 0 amide bonds. The number of hydrogen-bond donors (Lipinski definition) is 0. The fourth-order valence-electron chi connectivity index (χ4n) is 0.379. The van der Waals surface area contributed by atoms with Crippen LogP contribution in [-0.2, 0) is 9.47 Å². The lowest BCUT2D eigenvalue weighted by Crippen LogP contribution is -2.15. The molecule has 0 saturated heterocycles. The van der Waals surface area contributed by atoms with E-state index in [1.807, 2.05) is 0 Å². The van der Waals surface area contributed by atoms with Gasteiger partial charge < -0.3 is 9.47 Å². The van der Waals surface area contributed by atoms with Gasteiger partial charge >= 0.3 is 0 Å². The first-order chi connectivity index (χ1) is 4.35. The molecule has 3 heteroatoms. The Balaban J connectivity index is 3.19. The number of rotatable bonds is 5. The number of methoxy groups -OCH3 is 2. The summed E-state index contributed by atoms with van der Waals surface area (Å²) < 4.78 is 9.82. The molecule has 0 saturated carbocycles. The van der Waals surface area contributed by atoms with Gasteiger partial charge in [0.1, 0.15) is 0 Å². The van der Waals surface area contributed by atoms with E-state index in [2.05, 4.69) is 6.58 Å². The molecule has 0 bridgehead atoms. The Hall–Kier alpha value is 0.01000. The summed E-state index contributed by atoms with van der Waals surface area (Å²) in [6.07, 6.45) is -0.104. The smallest absolute Gasteiger partial charge is 0.166 e. The minimum Gasteiger partial charge on any atom is -0.355 e. The second kappa shape index (κ2) is 6.13. The van der Waals surface area contributed by atoms with Gasteiger partial charge in [-0.2, -0.15) is 0 Å². The van der Waals surface area contributed by atoms with Crippen LogP contribution in [0.5, 0.6) is 0 Å². The van der Waals surface area contributed by atoms with Crippen molar-refractivity contribution in [2.75, 3.05) is 20.0 Å². The molecule has 0 aliphatic rings. The molecule has 0 aliphatic carbocycles. The maximum Gasteiger partial charge on any atom is 0.166 e. The van der Waals surface area contributed by atoms with Crippen LogP contribution in [0.4, 0.5) is 0 Å². The first-order valence-corrected chi connectivity index (χ1v) is 3.68. The van der Waals surface area contributed by atoms with E-state index in [1.54, 1.807) is 31.4 Å². The van der Waals surface area contributed by atoms with Gasteiger partial charge in [-0.3, -0.25) is 0 Å². The quantitative estimate of drug-likeness (QED) is 0.550. The highest BCUT2D eigenvalue weighted by atomic mass is 32.2. The molecule has 0 unspecified atom stereocenters. The third kappa shape index (κ3) is 4.51. The van der Waals surface area contributed by atoms with Crippen LogP contribution in [0.15, 0.2) is 12.0 Å². The van der Waals surface area contributed by atoms with Crippen LogP contribution < -0.4 is 0 Å². The highest BCUT2D eigenvalue weighted by molar-refractivity contribution is 8.02. The molecule has 0 rings (SSSR count). The Morgan fingerprint density at radius 1 is 1.56 bits per heavy atom. The van der Waals surface area contributed by atoms with Crippen LogP contribution in [0.3, 0.4) is 0 Å². The summed E-state index contributed by atoms with van der Waals surface area (Å²) in [5.41, 5.74) is 0. The van der Waals surface area contributed by atoms with Gasteiger partial charge in [0.15, 0.2) is 6.29 Å². The van der Waals surface area contributed by atoms with Crippen LogP contribution in [0.1, 0.15) is 0 Å². The van der Waals surface area contributed by atoms with Gasteiger partial charge in [0.25, 0.3) is 0 Å². The zero-order valence-corrected chi connectivity index (χ0v) is 6.61. The Morgan fingerprint density at radius 3 is 2.44 bits per heavy atom. The van der Waals surface area contributed by atoms with Crippen molar-refractivity contribution in [3.63, 3.8) is 0 Å². The lowest BCUT2D eigenvalue weighted by Gasteiger charge is -2.10. The minimum absolute atomic E-state index is 0.104. The van der Waals surface area contributed by atoms with Gasteiger partial charge in [-0.25, -0.2) is 0 Å². The largest absolute Gasteiger partial charge is 0.355 e. The predicted octanol–water partition coefficient (Wildman–Crippen LogP) is 1.48. The predicted molar refractivity (Wildman–Crippen MR) is 40.5 cm³/mol. The summed E-state index contributed by atoms with van der Waals surface area (Å²) >= 11 is 1.58. The SMILES string of the molecule is C=CSCC(OC)OC. The first kappa shape index (κ1) is 9.01. The topological polar surface area (TPSA) is 18.5 Å². The van der Waals surface area contributed by atoms with Crippen LogP contribution >= 0.6 is 11.8 Å². The van der Waals surface area contributed by atoms with Crippen molar-refractivity contribution in [2.24, 2.45) is 0 Å². The molecule has 0 radical (unpaired) electrons. The number of ether oxygens (including phenoxy) is 2. The fraction of sp³-hybridized carbons (Fsp3) is 0.667. The Morgan fingerprint density at radius 2 is 2.11 bits per heavy atom. The molecular formula is C6H12O2S. The fourth-order valence-corrected chi connectivity index (χ4v) is 0.944. The van der Waals surface area contributed by atoms with Crippen LogP contribution in [0, 0.1) is 0 Å². The molecule has 2 nitrogen and oxygen atoms in total. The van der Waals surface area contributed by atoms with E-state index < -0.39 is 0 Å². The maximum atomic E-state index is 4.91. The van der Waals surface area contributed by atoms with Crippen LogP contribution in [-0.4, -0.2) is 26.3 Å². The molecule has 0 aromatic heterocycles. The monoisotopic (exact) mass is 148 g/mol. The summed E-state index contributed by atoms with van der Waals surface area (Å²) in [5.74, 6) is 0.802. The molecule has 0 aliphatic heterocycles. The second-order valence-electron chi connectivity index (χ2n) is 1.40. The summed E-state index contributed by atoms with van der Waals surface area (Å²) in [7, 11) is 3.25. The number of thioether (sulfide) groups is 1. The average Bonchev–Trinajstić information content (AvgIpc) is 1.91. The van der Waals surface area contributed by atoms with E-state index >= 15 is 0 Å². The first-order valence-electron chi connectivity index (χ1n) is 2.63. The van der Waals surface area contributed by atoms with Crippen molar-refractivity contribution < 1.29 is 9.47 Å². The summed E-state index contributed by atoms with van der Waals surface area (Å²) in [6.45, 7) is 3.55. The Bertz CT molecular complexity index is 71.5. The third-order valence-corrected chi connectivity index (χ3v) is 1.58. The summed E-state index contributed by atoms with van der Waals surface area (Å²) in [5, 5.41) is 1.77. The molecule has 0 fully saturated rings. The third-order valence-electron chi connectivity index (χ3n) is 0.876. The zero-order chi connectivity index (χ0) is 7.11. The van der Waals surface area contributed by atoms with E-state index in [9.17, 15) is 0 Å². The van der Waals surface area contributed by atoms with Gasteiger partial charge in [-0.05, 0) is 5.41 Å². The van der Waals surface area contributed by atoms with Crippen LogP contribution in [0.25, 0.3) is 0 Å². The Kier molecular flexibility index (Phi) is 6.14. The van der Waals surface area contributed by atoms with Gasteiger partial charge in [-0.1, -0.05) is 6.58 Å². The Labute approximate surface area is 60.2 Å². The van der Waals surface area contributed by atoms with Crippen molar-refractivity contribution in [3.05, 3.63) is 12.0 Å². The van der Waals surface area contributed by atoms with E-state index in [0.717, 1.165) is 5.75 Å². The van der Waals surface area contributed by atoms with E-state index in [-0.39, 0.29) is 6.29 Å². The van der Waals surface area contributed by atoms with Crippen LogP contribution in [0.2, 0.25) is 0 Å². The molecule has 0 N–H and O–H groups in total. The summed E-state index contributed by atoms with van der Waals surface area (Å²) in [6, 6.07) is 0. The number of hydrogen-bond acceptors (Lipinski definition) is 3. The van der Waals surface area contributed by atoms with Gasteiger partial charge in [0, 0.05) is 20.0 Å². The van der Waals surface area contributed by atoms with Crippen molar-refractivity contribution in [1.29, 1.82) is 0 Å². The maximum absolute atomic E-state index is 4.91. The molecule has 0 aromatic rings. The van der Waals surface area contributed by atoms with E-state index in [1.165, 1.54) is 0 Å². The average molecular weight is 148 g/mol. The normalized spacial score (nSPS) is 10.1. The molecule has 0 heterocycles. The van der Waals surface area contributed by atoms with Crippen molar-refractivity contribution in [3.8, 4) is 0 Å². The molecule has 9 heavy (non-hydrogen) atoms. The highest BCUT2D eigenvalue weighted by Gasteiger charge is 2.01. The standard InChI is InChI=1S/C6H12O2S/c1-4-9-5-6(7-2)8-3/h4,6H,1,5H2,2-3H3.